The van der Waals surface area contributed by atoms with Gasteiger partial charge in [0, 0.05) is 13.0 Å². The Labute approximate surface area is 127 Å². The highest BCUT2D eigenvalue weighted by atomic mass is 16.1. The standard InChI is InChI=1S/C19H23NO/c1-16-7-5-10-18(15-16)12-13-19(21)20-14-6-11-17-8-3-2-4-9-17/h2-5,7-10,15H,6,11-14H2,1H3,(H,20,21). The molecule has 21 heavy (non-hydrogen) atoms. The molecule has 0 aliphatic rings. The minimum Gasteiger partial charge on any atom is -0.356 e. The third kappa shape index (κ3) is 5.82. The van der Waals surface area contributed by atoms with E-state index in [1.807, 2.05) is 12.1 Å². The Bertz CT molecular complexity index is 563. The number of rotatable bonds is 7. The molecule has 1 amide bonds. The zero-order chi connectivity index (χ0) is 14.9. The average Bonchev–Trinajstić information content (AvgIpc) is 2.51. The zero-order valence-electron chi connectivity index (χ0n) is 12.6. The molecular formula is C19H23NO. The average molecular weight is 281 g/mol. The first-order valence-electron chi connectivity index (χ1n) is 7.60. The van der Waals surface area contributed by atoms with Crippen LogP contribution >= 0.6 is 0 Å². The van der Waals surface area contributed by atoms with Crippen LogP contribution in [0.5, 0.6) is 0 Å². The van der Waals surface area contributed by atoms with E-state index >= 15 is 0 Å². The van der Waals surface area contributed by atoms with Crippen molar-refractivity contribution in [3.8, 4) is 0 Å². The molecule has 2 rings (SSSR count). The Morgan fingerprint density at radius 1 is 0.952 bits per heavy atom. The number of nitrogens with one attached hydrogen (secondary N) is 1. The lowest BCUT2D eigenvalue weighted by molar-refractivity contribution is -0.121. The van der Waals surface area contributed by atoms with E-state index in [4.69, 9.17) is 0 Å². The van der Waals surface area contributed by atoms with Crippen molar-refractivity contribution in [3.05, 3.63) is 71.3 Å². The molecule has 0 bridgehead atoms. The Kier molecular flexibility index (Phi) is 6.01. The molecule has 0 radical (unpaired) electrons. The van der Waals surface area contributed by atoms with Crippen LogP contribution in [0.2, 0.25) is 0 Å². The highest BCUT2D eigenvalue weighted by Gasteiger charge is 2.02. The van der Waals surface area contributed by atoms with Gasteiger partial charge in [-0.05, 0) is 37.3 Å². The summed E-state index contributed by atoms with van der Waals surface area (Å²) in [6.45, 7) is 2.83. The van der Waals surface area contributed by atoms with Crippen LogP contribution in [0.1, 0.15) is 29.5 Å². The van der Waals surface area contributed by atoms with Crippen LogP contribution in [0.15, 0.2) is 54.6 Å². The largest absolute Gasteiger partial charge is 0.356 e. The summed E-state index contributed by atoms with van der Waals surface area (Å²) >= 11 is 0. The molecule has 0 aromatic heterocycles. The fraction of sp³-hybridized carbons (Fsp3) is 0.316. The maximum Gasteiger partial charge on any atom is 0.220 e. The Hall–Kier alpha value is -2.09. The number of carbonyl (C=O) groups is 1. The number of amides is 1. The van der Waals surface area contributed by atoms with E-state index in [9.17, 15) is 4.79 Å². The number of hydrogen-bond donors (Lipinski definition) is 1. The van der Waals surface area contributed by atoms with Crippen molar-refractivity contribution in [1.82, 2.24) is 5.32 Å². The van der Waals surface area contributed by atoms with Crippen molar-refractivity contribution in [2.75, 3.05) is 6.54 Å². The first-order valence-corrected chi connectivity index (χ1v) is 7.60. The fourth-order valence-electron chi connectivity index (χ4n) is 2.38. The minimum absolute atomic E-state index is 0.143. The number of hydrogen-bond acceptors (Lipinski definition) is 1. The lowest BCUT2D eigenvalue weighted by Crippen LogP contribution is -2.24. The van der Waals surface area contributed by atoms with Crippen molar-refractivity contribution in [3.63, 3.8) is 0 Å². The van der Waals surface area contributed by atoms with Gasteiger partial charge in [0.25, 0.3) is 0 Å². The van der Waals surface area contributed by atoms with Crippen LogP contribution in [0.25, 0.3) is 0 Å². The van der Waals surface area contributed by atoms with Gasteiger partial charge in [-0.1, -0.05) is 60.2 Å². The Morgan fingerprint density at radius 2 is 1.71 bits per heavy atom. The molecule has 0 fully saturated rings. The van der Waals surface area contributed by atoms with Gasteiger partial charge in [-0.2, -0.15) is 0 Å². The summed E-state index contributed by atoms with van der Waals surface area (Å²) in [5.41, 5.74) is 3.80. The third-order valence-electron chi connectivity index (χ3n) is 3.53. The van der Waals surface area contributed by atoms with E-state index in [0.29, 0.717) is 6.42 Å². The lowest BCUT2D eigenvalue weighted by Gasteiger charge is -2.06. The van der Waals surface area contributed by atoms with Gasteiger partial charge in [0.1, 0.15) is 0 Å². The van der Waals surface area contributed by atoms with Crippen molar-refractivity contribution in [2.24, 2.45) is 0 Å². The molecule has 0 spiro atoms. The molecule has 2 aromatic rings. The highest BCUT2D eigenvalue weighted by molar-refractivity contribution is 5.76. The van der Waals surface area contributed by atoms with Crippen LogP contribution in [-0.2, 0) is 17.6 Å². The van der Waals surface area contributed by atoms with Crippen molar-refractivity contribution in [1.29, 1.82) is 0 Å². The first-order chi connectivity index (χ1) is 10.2. The smallest absolute Gasteiger partial charge is 0.220 e. The quantitative estimate of drug-likeness (QED) is 0.771. The number of benzene rings is 2. The molecule has 0 atom stereocenters. The Balaban J connectivity index is 1.62. The molecule has 0 aliphatic carbocycles. The second kappa shape index (κ2) is 8.25. The summed E-state index contributed by atoms with van der Waals surface area (Å²) in [7, 11) is 0. The van der Waals surface area contributed by atoms with Gasteiger partial charge in [0.05, 0.1) is 0 Å². The molecule has 2 aromatic carbocycles. The van der Waals surface area contributed by atoms with Crippen molar-refractivity contribution >= 4 is 5.91 Å². The summed E-state index contributed by atoms with van der Waals surface area (Å²) in [4.78, 5) is 11.8. The van der Waals surface area contributed by atoms with E-state index in [2.05, 4.69) is 54.7 Å². The van der Waals surface area contributed by atoms with Gasteiger partial charge in [-0.25, -0.2) is 0 Å². The third-order valence-corrected chi connectivity index (χ3v) is 3.53. The van der Waals surface area contributed by atoms with Gasteiger partial charge in [0.15, 0.2) is 0 Å². The van der Waals surface area contributed by atoms with Gasteiger partial charge >= 0.3 is 0 Å². The molecule has 0 saturated heterocycles. The van der Waals surface area contributed by atoms with Crippen LogP contribution in [0.3, 0.4) is 0 Å². The molecule has 2 nitrogen and oxygen atoms in total. The fourth-order valence-corrected chi connectivity index (χ4v) is 2.38. The SMILES string of the molecule is Cc1cccc(CCC(=O)NCCCc2ccccc2)c1. The number of aryl methyl sites for hydroxylation is 3. The molecule has 2 heteroatoms. The van der Waals surface area contributed by atoms with Crippen LogP contribution in [0.4, 0.5) is 0 Å². The Morgan fingerprint density at radius 3 is 2.48 bits per heavy atom. The van der Waals surface area contributed by atoms with Crippen molar-refractivity contribution < 1.29 is 4.79 Å². The molecule has 0 unspecified atom stereocenters. The van der Waals surface area contributed by atoms with E-state index in [1.165, 1.54) is 16.7 Å². The summed E-state index contributed by atoms with van der Waals surface area (Å²) in [6, 6.07) is 18.7. The van der Waals surface area contributed by atoms with Gasteiger partial charge < -0.3 is 5.32 Å². The molecular weight excluding hydrogens is 258 g/mol. The first kappa shape index (κ1) is 15.3. The predicted octanol–water partition coefficient (Wildman–Crippen LogP) is 3.68. The maximum atomic E-state index is 11.8. The number of carbonyl (C=O) groups excluding carboxylic acids is 1. The topological polar surface area (TPSA) is 29.1 Å². The molecule has 0 heterocycles. The molecule has 110 valence electrons. The van der Waals surface area contributed by atoms with Crippen LogP contribution in [0, 0.1) is 6.92 Å². The molecule has 0 aliphatic heterocycles. The zero-order valence-corrected chi connectivity index (χ0v) is 12.6. The monoisotopic (exact) mass is 281 g/mol. The molecule has 1 N–H and O–H groups in total. The van der Waals surface area contributed by atoms with Crippen molar-refractivity contribution in [2.45, 2.75) is 32.6 Å². The summed E-state index contributed by atoms with van der Waals surface area (Å²) in [5.74, 6) is 0.143. The maximum absolute atomic E-state index is 11.8. The highest BCUT2D eigenvalue weighted by Crippen LogP contribution is 2.06. The summed E-state index contributed by atoms with van der Waals surface area (Å²) in [5, 5.41) is 3.00. The molecule has 0 saturated carbocycles. The second-order valence-electron chi connectivity index (χ2n) is 5.43. The van der Waals surface area contributed by atoms with E-state index in [0.717, 1.165) is 25.8 Å². The van der Waals surface area contributed by atoms with Gasteiger partial charge in [0.2, 0.25) is 5.91 Å². The van der Waals surface area contributed by atoms with E-state index in [-0.39, 0.29) is 5.91 Å². The normalized spacial score (nSPS) is 10.3. The lowest BCUT2D eigenvalue weighted by atomic mass is 10.1. The van der Waals surface area contributed by atoms with Gasteiger partial charge in [-0.3, -0.25) is 4.79 Å². The van der Waals surface area contributed by atoms with Crippen LogP contribution < -0.4 is 5.32 Å². The minimum atomic E-state index is 0.143. The summed E-state index contributed by atoms with van der Waals surface area (Å²) < 4.78 is 0. The second-order valence-corrected chi connectivity index (χ2v) is 5.43. The van der Waals surface area contributed by atoms with E-state index in [1.54, 1.807) is 0 Å². The predicted molar refractivity (Wildman–Crippen MR) is 87.3 cm³/mol. The van der Waals surface area contributed by atoms with Crippen LogP contribution in [-0.4, -0.2) is 12.5 Å². The van der Waals surface area contributed by atoms with E-state index < -0.39 is 0 Å². The summed E-state index contributed by atoms with van der Waals surface area (Å²) in [6.07, 6.45) is 3.38. The van der Waals surface area contributed by atoms with Gasteiger partial charge in [-0.15, -0.1) is 0 Å².